The summed E-state index contributed by atoms with van der Waals surface area (Å²) in [4.78, 5) is 30.1. The van der Waals surface area contributed by atoms with Gasteiger partial charge in [0, 0.05) is 24.8 Å². The molecule has 0 aliphatic rings. The second-order valence-corrected chi connectivity index (χ2v) is 8.29. The Labute approximate surface area is 167 Å². The number of thioether (sulfide) groups is 1. The lowest BCUT2D eigenvalue weighted by Crippen LogP contribution is -2.24. The molecule has 0 spiro atoms. The van der Waals surface area contributed by atoms with E-state index in [-0.39, 0.29) is 17.1 Å². The molecule has 0 atom stereocenters. The average Bonchev–Trinajstić information content (AvgIpc) is 3.04. The van der Waals surface area contributed by atoms with Crippen LogP contribution < -0.4 is 5.56 Å². The van der Waals surface area contributed by atoms with Crippen LogP contribution in [0.2, 0.25) is 5.02 Å². The molecule has 3 rings (SSSR count). The Bertz CT molecular complexity index is 1040. The summed E-state index contributed by atoms with van der Waals surface area (Å²) in [7, 11) is 1.84. The second kappa shape index (κ2) is 8.31. The van der Waals surface area contributed by atoms with Crippen molar-refractivity contribution < 1.29 is 4.79 Å². The Balaban J connectivity index is 1.96. The van der Waals surface area contributed by atoms with Gasteiger partial charge >= 0.3 is 0 Å². The summed E-state index contributed by atoms with van der Waals surface area (Å²) in [6, 6.07) is 8.73. The molecule has 2 heterocycles. The first-order valence-corrected chi connectivity index (χ1v) is 10.2. The summed E-state index contributed by atoms with van der Waals surface area (Å²) in [5.41, 5.74) is 1.11. The maximum atomic E-state index is 13.0. The minimum absolute atomic E-state index is 0.00310. The Hall–Kier alpha value is -2.05. The van der Waals surface area contributed by atoms with Crippen LogP contribution in [0.1, 0.15) is 30.8 Å². The van der Waals surface area contributed by atoms with Gasteiger partial charge in [0.25, 0.3) is 5.56 Å². The number of Topliss-reactive ketones (excluding diaryl/α,β-unsaturated/α-hetero) is 1. The third kappa shape index (κ3) is 4.45. The highest BCUT2D eigenvalue weighted by Gasteiger charge is 2.16. The van der Waals surface area contributed by atoms with Crippen molar-refractivity contribution in [2.75, 3.05) is 5.75 Å². The van der Waals surface area contributed by atoms with Crippen molar-refractivity contribution in [1.82, 2.24) is 14.1 Å². The largest absolute Gasteiger partial charge is 0.348 e. The number of benzene rings is 1. The van der Waals surface area contributed by atoms with E-state index in [1.807, 2.05) is 19.3 Å². The van der Waals surface area contributed by atoms with E-state index < -0.39 is 0 Å². The van der Waals surface area contributed by atoms with Gasteiger partial charge in [-0.2, -0.15) is 0 Å². The van der Waals surface area contributed by atoms with Gasteiger partial charge in [0.2, 0.25) is 0 Å². The molecule has 0 saturated heterocycles. The molecule has 0 aliphatic heterocycles. The molecule has 0 aliphatic carbocycles. The number of aromatic nitrogens is 3. The summed E-state index contributed by atoms with van der Waals surface area (Å²) < 4.78 is 3.47. The van der Waals surface area contributed by atoms with Gasteiger partial charge < -0.3 is 4.57 Å². The average molecular weight is 404 g/mol. The SMILES string of the molecule is CC(C)CCn1c(SCC(=O)c2cccn2C)nc2cc(Cl)ccc2c1=O. The summed E-state index contributed by atoms with van der Waals surface area (Å²) in [6.45, 7) is 4.80. The van der Waals surface area contributed by atoms with Crippen LogP contribution in [-0.2, 0) is 13.6 Å². The van der Waals surface area contributed by atoms with Crippen LogP contribution in [0.15, 0.2) is 46.5 Å². The van der Waals surface area contributed by atoms with Gasteiger partial charge in [0.15, 0.2) is 10.9 Å². The van der Waals surface area contributed by atoms with Gasteiger partial charge in [-0.3, -0.25) is 14.2 Å². The van der Waals surface area contributed by atoms with E-state index in [4.69, 9.17) is 11.6 Å². The van der Waals surface area contributed by atoms with E-state index >= 15 is 0 Å². The van der Waals surface area contributed by atoms with E-state index in [9.17, 15) is 9.59 Å². The number of fused-ring (bicyclic) bond motifs is 1. The first-order chi connectivity index (χ1) is 12.9. The van der Waals surface area contributed by atoms with E-state index in [2.05, 4.69) is 18.8 Å². The molecule has 1 aromatic carbocycles. The molecule has 2 aromatic heterocycles. The van der Waals surface area contributed by atoms with Gasteiger partial charge in [-0.25, -0.2) is 4.98 Å². The number of hydrogen-bond acceptors (Lipinski definition) is 4. The minimum Gasteiger partial charge on any atom is -0.348 e. The van der Waals surface area contributed by atoms with Gasteiger partial charge in [-0.1, -0.05) is 37.2 Å². The highest BCUT2D eigenvalue weighted by atomic mass is 35.5. The first-order valence-electron chi connectivity index (χ1n) is 8.84. The zero-order valence-corrected chi connectivity index (χ0v) is 17.2. The van der Waals surface area contributed by atoms with Crippen molar-refractivity contribution in [2.24, 2.45) is 13.0 Å². The van der Waals surface area contributed by atoms with Crippen molar-refractivity contribution in [3.05, 3.63) is 57.6 Å². The van der Waals surface area contributed by atoms with Crippen LogP contribution in [0.4, 0.5) is 0 Å². The lowest BCUT2D eigenvalue weighted by molar-refractivity contribution is 0.101. The number of carbonyl (C=O) groups excluding carboxylic acids is 1. The van der Waals surface area contributed by atoms with Crippen molar-refractivity contribution in [1.29, 1.82) is 0 Å². The first kappa shape index (κ1) is 19.7. The van der Waals surface area contributed by atoms with Gasteiger partial charge in [-0.15, -0.1) is 0 Å². The monoisotopic (exact) mass is 403 g/mol. The smallest absolute Gasteiger partial charge is 0.262 e. The zero-order chi connectivity index (χ0) is 19.6. The van der Waals surface area contributed by atoms with Crippen LogP contribution in [-0.4, -0.2) is 25.7 Å². The molecule has 5 nitrogen and oxygen atoms in total. The number of nitrogens with zero attached hydrogens (tertiary/aromatic N) is 3. The molecule has 3 aromatic rings. The van der Waals surface area contributed by atoms with Crippen LogP contribution in [0, 0.1) is 5.92 Å². The highest BCUT2D eigenvalue weighted by Crippen LogP contribution is 2.22. The number of hydrogen-bond donors (Lipinski definition) is 0. The molecule has 27 heavy (non-hydrogen) atoms. The number of halogens is 1. The lowest BCUT2D eigenvalue weighted by atomic mass is 10.1. The summed E-state index contributed by atoms with van der Waals surface area (Å²) in [5, 5.41) is 1.63. The van der Waals surface area contributed by atoms with Crippen LogP contribution in [0.25, 0.3) is 10.9 Å². The summed E-state index contributed by atoms with van der Waals surface area (Å²) in [6.07, 6.45) is 2.70. The molecular weight excluding hydrogens is 382 g/mol. The lowest BCUT2D eigenvalue weighted by Gasteiger charge is -2.14. The van der Waals surface area contributed by atoms with Crippen molar-refractivity contribution >= 4 is 40.0 Å². The standard InChI is InChI=1S/C20H22ClN3O2S/c1-13(2)8-10-24-19(26)15-7-6-14(21)11-16(15)22-20(24)27-12-18(25)17-5-4-9-23(17)3/h4-7,9,11,13H,8,10,12H2,1-3H3. The minimum atomic E-state index is -0.0915. The van der Waals surface area contributed by atoms with Crippen LogP contribution in [0.3, 0.4) is 0 Å². The maximum Gasteiger partial charge on any atom is 0.262 e. The second-order valence-electron chi connectivity index (χ2n) is 6.91. The van der Waals surface area contributed by atoms with E-state index in [0.717, 1.165) is 6.42 Å². The molecule has 0 saturated carbocycles. The maximum absolute atomic E-state index is 13.0. The molecule has 0 bridgehead atoms. The third-order valence-electron chi connectivity index (χ3n) is 4.37. The van der Waals surface area contributed by atoms with Crippen molar-refractivity contribution in [3.63, 3.8) is 0 Å². The Kier molecular flexibility index (Phi) is 6.07. The van der Waals surface area contributed by atoms with E-state index in [1.54, 1.807) is 33.4 Å². The van der Waals surface area contributed by atoms with Crippen LogP contribution >= 0.6 is 23.4 Å². The summed E-state index contributed by atoms with van der Waals surface area (Å²) in [5.74, 6) is 0.682. The molecule has 0 radical (unpaired) electrons. The number of aryl methyl sites for hydroxylation is 1. The van der Waals surface area contributed by atoms with Gasteiger partial charge in [-0.05, 0) is 42.7 Å². The van der Waals surface area contributed by atoms with E-state index in [1.165, 1.54) is 11.8 Å². The number of carbonyl (C=O) groups is 1. The molecule has 0 N–H and O–H groups in total. The molecule has 0 unspecified atom stereocenters. The molecule has 0 fully saturated rings. The summed E-state index contributed by atoms with van der Waals surface area (Å²) >= 11 is 7.36. The normalized spacial score (nSPS) is 11.4. The fourth-order valence-electron chi connectivity index (χ4n) is 2.82. The highest BCUT2D eigenvalue weighted by molar-refractivity contribution is 7.99. The van der Waals surface area contributed by atoms with E-state index in [0.29, 0.717) is 39.2 Å². The number of rotatable bonds is 7. The fourth-order valence-corrected chi connectivity index (χ4v) is 3.89. The molecule has 0 amide bonds. The molecule has 142 valence electrons. The topological polar surface area (TPSA) is 56.9 Å². The van der Waals surface area contributed by atoms with Gasteiger partial charge in [0.1, 0.15) is 0 Å². The number of ketones is 1. The quantitative estimate of drug-likeness (QED) is 0.333. The fraction of sp³-hybridized carbons (Fsp3) is 0.350. The Morgan fingerprint density at radius 2 is 2.07 bits per heavy atom. The van der Waals surface area contributed by atoms with Gasteiger partial charge in [0.05, 0.1) is 22.3 Å². The Morgan fingerprint density at radius 1 is 1.30 bits per heavy atom. The molecular formula is C20H22ClN3O2S. The van der Waals surface area contributed by atoms with Crippen molar-refractivity contribution in [2.45, 2.75) is 32.0 Å². The van der Waals surface area contributed by atoms with Crippen LogP contribution in [0.5, 0.6) is 0 Å². The third-order valence-corrected chi connectivity index (χ3v) is 5.59. The molecule has 7 heteroatoms. The zero-order valence-electron chi connectivity index (χ0n) is 15.6. The predicted molar refractivity (Wildman–Crippen MR) is 111 cm³/mol. The Morgan fingerprint density at radius 3 is 2.74 bits per heavy atom. The predicted octanol–water partition coefficient (Wildman–Crippen LogP) is 4.41. The van der Waals surface area contributed by atoms with Crippen molar-refractivity contribution in [3.8, 4) is 0 Å².